The van der Waals surface area contributed by atoms with Crippen LogP contribution in [0.5, 0.6) is 0 Å². The van der Waals surface area contributed by atoms with Gasteiger partial charge in [0, 0.05) is 13.1 Å². The number of carbonyl (C=O) groups is 1. The summed E-state index contributed by atoms with van der Waals surface area (Å²) in [6.07, 6.45) is 4.23. The fraction of sp³-hybridized carbons (Fsp3) is 0.632. The molecule has 3 rings (SSSR count). The monoisotopic (exact) mass is 316 g/mol. The number of piperidine rings is 1. The Hall–Kier alpha value is -1.39. The minimum absolute atomic E-state index is 0.0316. The van der Waals surface area contributed by atoms with Gasteiger partial charge in [0.25, 0.3) is 0 Å². The molecule has 1 saturated carbocycles. The van der Waals surface area contributed by atoms with Crippen LogP contribution in [0, 0.1) is 11.8 Å². The van der Waals surface area contributed by atoms with E-state index >= 15 is 0 Å². The Labute approximate surface area is 138 Å². The third-order valence-electron chi connectivity index (χ3n) is 5.34. The van der Waals surface area contributed by atoms with E-state index in [0.29, 0.717) is 5.92 Å². The van der Waals surface area contributed by atoms with Crippen molar-refractivity contribution in [2.24, 2.45) is 11.8 Å². The summed E-state index contributed by atoms with van der Waals surface area (Å²) in [7, 11) is 0. The first-order valence-corrected chi connectivity index (χ1v) is 8.80. The Kier molecular flexibility index (Phi) is 5.02. The molecule has 2 unspecified atom stereocenters. The molecule has 2 N–H and O–H groups in total. The fourth-order valence-electron chi connectivity index (χ4n) is 3.63. The van der Waals surface area contributed by atoms with Crippen LogP contribution >= 0.6 is 0 Å². The van der Waals surface area contributed by atoms with E-state index in [1.54, 1.807) is 0 Å². The van der Waals surface area contributed by atoms with Crippen LogP contribution < -0.4 is 5.32 Å². The third kappa shape index (κ3) is 4.12. The van der Waals surface area contributed by atoms with Gasteiger partial charge in [0.05, 0.1) is 18.1 Å². The lowest BCUT2D eigenvalue weighted by Crippen LogP contribution is -2.54. The Balaban J connectivity index is 1.56. The van der Waals surface area contributed by atoms with Gasteiger partial charge >= 0.3 is 0 Å². The van der Waals surface area contributed by atoms with E-state index in [4.69, 9.17) is 0 Å². The van der Waals surface area contributed by atoms with Crippen molar-refractivity contribution in [1.82, 2.24) is 10.2 Å². The Morgan fingerprint density at radius 3 is 2.70 bits per heavy atom. The molecule has 126 valence electrons. The molecular weight excluding hydrogens is 288 g/mol. The minimum Gasteiger partial charge on any atom is -0.394 e. The fourth-order valence-corrected chi connectivity index (χ4v) is 3.63. The van der Waals surface area contributed by atoms with Gasteiger partial charge in [-0.2, -0.15) is 0 Å². The summed E-state index contributed by atoms with van der Waals surface area (Å²) in [5.74, 6) is 0.601. The lowest BCUT2D eigenvalue weighted by Gasteiger charge is -2.35. The average Bonchev–Trinajstić information content (AvgIpc) is 3.41. The molecule has 0 spiro atoms. The van der Waals surface area contributed by atoms with Crippen LogP contribution in [0.25, 0.3) is 0 Å². The van der Waals surface area contributed by atoms with Gasteiger partial charge in [-0.3, -0.25) is 9.69 Å². The molecule has 1 aromatic carbocycles. The Morgan fingerprint density at radius 2 is 2.04 bits per heavy atom. The lowest BCUT2D eigenvalue weighted by molar-refractivity contribution is -0.129. The molecule has 0 radical (unpaired) electrons. The van der Waals surface area contributed by atoms with E-state index in [2.05, 4.69) is 34.5 Å². The molecule has 1 amide bonds. The van der Waals surface area contributed by atoms with Crippen molar-refractivity contribution in [2.45, 2.75) is 44.7 Å². The van der Waals surface area contributed by atoms with Crippen LogP contribution in [0.1, 0.15) is 38.2 Å². The molecular formula is C19H28N2O2. The van der Waals surface area contributed by atoms with Crippen LogP contribution in [-0.2, 0) is 11.3 Å². The van der Waals surface area contributed by atoms with E-state index in [-0.39, 0.29) is 18.4 Å². The number of likely N-dealkylation sites (tertiary alicyclic amines) is 1. The zero-order valence-electron chi connectivity index (χ0n) is 14.0. The Morgan fingerprint density at radius 1 is 1.30 bits per heavy atom. The van der Waals surface area contributed by atoms with Crippen LogP contribution in [-0.4, -0.2) is 41.1 Å². The lowest BCUT2D eigenvalue weighted by atomic mass is 9.92. The summed E-state index contributed by atoms with van der Waals surface area (Å²) in [5.41, 5.74) is 0.866. The number of rotatable bonds is 6. The van der Waals surface area contributed by atoms with Crippen molar-refractivity contribution < 1.29 is 9.90 Å². The van der Waals surface area contributed by atoms with Crippen molar-refractivity contribution >= 4 is 5.91 Å². The number of benzene rings is 1. The number of carbonyl (C=O) groups excluding carboxylic acids is 1. The standard InChI is InChI=1S/C19H28N2O2/c1-19(14-22,17-9-10-17)20-18(23)16-8-5-11-21(13-16)12-15-6-3-2-4-7-15/h2-4,6-7,16-17,22H,5,8-14H2,1H3,(H,20,23). The van der Waals surface area contributed by atoms with E-state index < -0.39 is 5.54 Å². The summed E-state index contributed by atoms with van der Waals surface area (Å²) in [6.45, 7) is 4.78. The zero-order chi connectivity index (χ0) is 16.3. The van der Waals surface area contributed by atoms with E-state index in [1.807, 2.05) is 13.0 Å². The average molecular weight is 316 g/mol. The van der Waals surface area contributed by atoms with E-state index in [9.17, 15) is 9.90 Å². The topological polar surface area (TPSA) is 52.6 Å². The molecule has 1 saturated heterocycles. The first-order chi connectivity index (χ1) is 11.1. The number of nitrogens with zero attached hydrogens (tertiary/aromatic N) is 1. The molecule has 1 aliphatic carbocycles. The summed E-state index contributed by atoms with van der Waals surface area (Å²) in [5, 5.41) is 12.8. The maximum atomic E-state index is 12.7. The molecule has 1 heterocycles. The van der Waals surface area contributed by atoms with Crippen LogP contribution in [0.3, 0.4) is 0 Å². The predicted octanol–water partition coefficient (Wildman–Crippen LogP) is 2.18. The van der Waals surface area contributed by atoms with E-state index in [1.165, 1.54) is 5.56 Å². The minimum atomic E-state index is -0.432. The highest BCUT2D eigenvalue weighted by molar-refractivity contribution is 5.79. The van der Waals surface area contributed by atoms with Crippen LogP contribution in [0.2, 0.25) is 0 Å². The molecule has 1 aromatic rings. The molecule has 0 bridgehead atoms. The predicted molar refractivity (Wildman–Crippen MR) is 90.8 cm³/mol. The SMILES string of the molecule is CC(CO)(NC(=O)C1CCCN(Cc2ccccc2)C1)C1CC1. The van der Waals surface area contributed by atoms with Gasteiger partial charge < -0.3 is 10.4 Å². The first kappa shape index (κ1) is 16.5. The molecule has 2 aliphatic rings. The summed E-state index contributed by atoms with van der Waals surface area (Å²) in [6, 6.07) is 10.4. The highest BCUT2D eigenvalue weighted by Gasteiger charge is 2.43. The Bertz CT molecular complexity index is 529. The van der Waals surface area contributed by atoms with Crippen molar-refractivity contribution in [2.75, 3.05) is 19.7 Å². The van der Waals surface area contributed by atoms with Gasteiger partial charge in [0.2, 0.25) is 5.91 Å². The van der Waals surface area contributed by atoms with Crippen molar-refractivity contribution in [3.8, 4) is 0 Å². The second kappa shape index (κ2) is 7.02. The van der Waals surface area contributed by atoms with Gasteiger partial charge in [-0.05, 0) is 50.6 Å². The van der Waals surface area contributed by atoms with Crippen molar-refractivity contribution in [3.63, 3.8) is 0 Å². The van der Waals surface area contributed by atoms with Crippen LogP contribution in [0.15, 0.2) is 30.3 Å². The summed E-state index contributed by atoms with van der Waals surface area (Å²) in [4.78, 5) is 15.0. The molecule has 4 nitrogen and oxygen atoms in total. The number of aliphatic hydroxyl groups excluding tert-OH is 1. The molecule has 23 heavy (non-hydrogen) atoms. The summed E-state index contributed by atoms with van der Waals surface area (Å²) >= 11 is 0. The van der Waals surface area contributed by atoms with Gasteiger partial charge in [0.15, 0.2) is 0 Å². The van der Waals surface area contributed by atoms with Crippen LogP contribution in [0.4, 0.5) is 0 Å². The zero-order valence-corrected chi connectivity index (χ0v) is 14.0. The third-order valence-corrected chi connectivity index (χ3v) is 5.34. The number of amides is 1. The highest BCUT2D eigenvalue weighted by atomic mass is 16.3. The molecule has 2 atom stereocenters. The molecule has 4 heteroatoms. The second-order valence-corrected chi connectivity index (χ2v) is 7.40. The number of hydrogen-bond acceptors (Lipinski definition) is 3. The van der Waals surface area contributed by atoms with Gasteiger partial charge in [-0.25, -0.2) is 0 Å². The number of aliphatic hydroxyl groups is 1. The second-order valence-electron chi connectivity index (χ2n) is 7.40. The normalized spacial score (nSPS) is 24.9. The van der Waals surface area contributed by atoms with Crippen molar-refractivity contribution in [1.29, 1.82) is 0 Å². The van der Waals surface area contributed by atoms with Gasteiger partial charge in [-0.1, -0.05) is 30.3 Å². The largest absolute Gasteiger partial charge is 0.394 e. The molecule has 2 fully saturated rings. The van der Waals surface area contributed by atoms with E-state index in [0.717, 1.165) is 45.3 Å². The van der Waals surface area contributed by atoms with Gasteiger partial charge in [0.1, 0.15) is 0 Å². The smallest absolute Gasteiger partial charge is 0.224 e. The summed E-state index contributed by atoms with van der Waals surface area (Å²) < 4.78 is 0. The number of hydrogen-bond donors (Lipinski definition) is 2. The molecule has 1 aliphatic heterocycles. The maximum Gasteiger partial charge on any atom is 0.224 e. The first-order valence-electron chi connectivity index (χ1n) is 8.80. The number of nitrogens with one attached hydrogen (secondary N) is 1. The quantitative estimate of drug-likeness (QED) is 0.846. The maximum absolute atomic E-state index is 12.7. The van der Waals surface area contributed by atoms with Crippen molar-refractivity contribution in [3.05, 3.63) is 35.9 Å². The van der Waals surface area contributed by atoms with Gasteiger partial charge in [-0.15, -0.1) is 0 Å². The molecule has 0 aromatic heterocycles. The highest BCUT2D eigenvalue weighted by Crippen LogP contribution is 2.39.